The van der Waals surface area contributed by atoms with Gasteiger partial charge in [0.05, 0.1) is 34.6 Å². The third-order valence-corrected chi connectivity index (χ3v) is 7.38. The molecular formula is C33H36FN9O. The Morgan fingerprint density at radius 2 is 1.73 bits per heavy atom. The molecule has 10 nitrogen and oxygen atoms in total. The predicted octanol–water partition coefficient (Wildman–Crippen LogP) is 6.12. The van der Waals surface area contributed by atoms with Gasteiger partial charge in [0.25, 0.3) is 0 Å². The number of aliphatic hydroxyl groups is 1. The fourth-order valence-electron chi connectivity index (χ4n) is 5.28. The summed E-state index contributed by atoms with van der Waals surface area (Å²) in [5, 5.41) is 25.4. The number of likely N-dealkylation sites (N-methyl/N-ethyl adjacent to an activating group) is 1. The van der Waals surface area contributed by atoms with E-state index >= 15 is 0 Å². The molecule has 0 amide bonds. The average Bonchev–Trinajstić information content (AvgIpc) is 3.60. The molecule has 1 unspecified atom stereocenters. The lowest BCUT2D eigenvalue weighted by molar-refractivity contribution is 0.176. The van der Waals surface area contributed by atoms with Crippen molar-refractivity contribution in [3.05, 3.63) is 73.1 Å². The first kappa shape index (κ1) is 29.2. The summed E-state index contributed by atoms with van der Waals surface area (Å²) in [4.78, 5) is 19.1. The standard InChI is InChI=1S/C33H36FN9O/c1-19(2)9-30(44)38-25-12-22(15-35-16-25)20-5-6-28-26(13-20)32(42-41-28)33-39-29-18-36-17-27(31(29)40-33)21-10-23(34)14-24(11-21)37-7-8-43(3)4/h5-6,10-19,30,37-38,44H,7-9H2,1-4H3,(H,39,40)(H,41,42). The molecule has 0 saturated heterocycles. The molecule has 5 N–H and O–H groups in total. The SMILES string of the molecule is CC(C)CC(O)Nc1cncc(-c2ccc3[nH]nc(-c4nc5c(-c6cc(F)cc(NCCN(C)C)c6)cncc5[nH]4)c3c2)c1. The van der Waals surface area contributed by atoms with Crippen molar-refractivity contribution in [1.82, 2.24) is 35.0 Å². The maximum atomic E-state index is 14.7. The number of aromatic amines is 2. The number of benzene rings is 2. The summed E-state index contributed by atoms with van der Waals surface area (Å²) in [5.74, 6) is 0.599. The second kappa shape index (κ2) is 12.4. The molecule has 0 aliphatic heterocycles. The number of imidazole rings is 1. The summed E-state index contributed by atoms with van der Waals surface area (Å²) in [6.07, 6.45) is 6.90. The zero-order valence-electron chi connectivity index (χ0n) is 25.2. The van der Waals surface area contributed by atoms with Gasteiger partial charge in [-0.15, -0.1) is 0 Å². The lowest BCUT2D eigenvalue weighted by Crippen LogP contribution is -2.20. The number of pyridine rings is 2. The van der Waals surface area contributed by atoms with Crippen molar-refractivity contribution in [1.29, 1.82) is 0 Å². The molecule has 2 aromatic carbocycles. The number of anilines is 2. The minimum atomic E-state index is -0.652. The van der Waals surface area contributed by atoms with Gasteiger partial charge in [-0.3, -0.25) is 15.1 Å². The van der Waals surface area contributed by atoms with E-state index in [9.17, 15) is 9.50 Å². The second-order valence-electron chi connectivity index (χ2n) is 11.7. The number of nitrogens with one attached hydrogen (secondary N) is 4. The lowest BCUT2D eigenvalue weighted by atomic mass is 10.0. The van der Waals surface area contributed by atoms with Gasteiger partial charge in [-0.1, -0.05) is 19.9 Å². The molecule has 6 aromatic rings. The number of rotatable bonds is 11. The van der Waals surface area contributed by atoms with E-state index in [0.717, 1.165) is 45.3 Å². The lowest BCUT2D eigenvalue weighted by Gasteiger charge is -2.16. The van der Waals surface area contributed by atoms with Crippen molar-refractivity contribution in [3.63, 3.8) is 0 Å². The minimum Gasteiger partial charge on any atom is -0.384 e. The Bertz CT molecular complexity index is 1910. The van der Waals surface area contributed by atoms with Crippen LogP contribution < -0.4 is 10.6 Å². The van der Waals surface area contributed by atoms with Crippen LogP contribution in [0.5, 0.6) is 0 Å². The maximum Gasteiger partial charge on any atom is 0.159 e. The van der Waals surface area contributed by atoms with Gasteiger partial charge in [-0.2, -0.15) is 5.10 Å². The molecule has 1 atom stereocenters. The second-order valence-corrected chi connectivity index (χ2v) is 11.7. The molecule has 6 rings (SSSR count). The molecule has 226 valence electrons. The van der Waals surface area contributed by atoms with Crippen LogP contribution in [0.15, 0.2) is 67.3 Å². The molecule has 0 spiro atoms. The minimum absolute atomic E-state index is 0.336. The van der Waals surface area contributed by atoms with E-state index in [1.807, 2.05) is 44.4 Å². The quantitative estimate of drug-likeness (QED) is 0.114. The Kier molecular flexibility index (Phi) is 8.23. The smallest absolute Gasteiger partial charge is 0.159 e. The Labute approximate surface area is 254 Å². The summed E-state index contributed by atoms with van der Waals surface area (Å²) in [5.41, 5.74) is 7.60. The molecule has 0 fully saturated rings. The van der Waals surface area contributed by atoms with E-state index in [1.54, 1.807) is 24.8 Å². The van der Waals surface area contributed by atoms with E-state index < -0.39 is 6.23 Å². The fraction of sp³-hybridized carbons (Fsp3) is 0.273. The van der Waals surface area contributed by atoms with Crippen LogP contribution in [-0.4, -0.2) is 73.6 Å². The van der Waals surface area contributed by atoms with Crippen LogP contribution >= 0.6 is 0 Å². The molecule has 4 heterocycles. The van der Waals surface area contributed by atoms with Crippen molar-refractivity contribution in [3.8, 4) is 33.8 Å². The third-order valence-electron chi connectivity index (χ3n) is 7.38. The Morgan fingerprint density at radius 1 is 0.909 bits per heavy atom. The van der Waals surface area contributed by atoms with Gasteiger partial charge in [0.1, 0.15) is 17.7 Å². The largest absolute Gasteiger partial charge is 0.384 e. The number of fused-ring (bicyclic) bond motifs is 2. The first-order chi connectivity index (χ1) is 21.2. The van der Waals surface area contributed by atoms with Crippen LogP contribution in [0.4, 0.5) is 15.8 Å². The van der Waals surface area contributed by atoms with Gasteiger partial charge in [-0.25, -0.2) is 9.37 Å². The van der Waals surface area contributed by atoms with E-state index in [0.29, 0.717) is 47.2 Å². The van der Waals surface area contributed by atoms with Crippen molar-refractivity contribution in [2.24, 2.45) is 5.92 Å². The molecule has 0 saturated carbocycles. The summed E-state index contributed by atoms with van der Waals surface area (Å²) < 4.78 is 14.7. The van der Waals surface area contributed by atoms with Gasteiger partial charge in [0, 0.05) is 47.7 Å². The number of nitrogens with zero attached hydrogens (tertiary/aromatic N) is 5. The summed E-state index contributed by atoms with van der Waals surface area (Å²) in [6, 6.07) is 12.9. The highest BCUT2D eigenvalue weighted by Crippen LogP contribution is 2.34. The average molecular weight is 594 g/mol. The molecule has 0 bridgehead atoms. The van der Waals surface area contributed by atoms with Crippen molar-refractivity contribution >= 4 is 33.3 Å². The molecular weight excluding hydrogens is 557 g/mol. The van der Waals surface area contributed by atoms with Gasteiger partial charge in [0.2, 0.25) is 0 Å². The van der Waals surface area contributed by atoms with E-state index in [2.05, 4.69) is 54.5 Å². The van der Waals surface area contributed by atoms with E-state index in [-0.39, 0.29) is 5.82 Å². The molecule has 0 aliphatic rings. The van der Waals surface area contributed by atoms with Crippen LogP contribution in [0.25, 0.3) is 55.7 Å². The molecule has 0 radical (unpaired) electrons. The first-order valence-electron chi connectivity index (χ1n) is 14.7. The summed E-state index contributed by atoms with van der Waals surface area (Å²) in [6.45, 7) is 5.65. The van der Waals surface area contributed by atoms with Crippen LogP contribution in [0, 0.1) is 11.7 Å². The van der Waals surface area contributed by atoms with Crippen molar-refractivity contribution in [2.45, 2.75) is 26.5 Å². The van der Waals surface area contributed by atoms with Crippen LogP contribution in [0.3, 0.4) is 0 Å². The van der Waals surface area contributed by atoms with Crippen LogP contribution in [0.2, 0.25) is 0 Å². The first-order valence-corrected chi connectivity index (χ1v) is 14.7. The Balaban J connectivity index is 1.33. The van der Waals surface area contributed by atoms with Crippen LogP contribution in [-0.2, 0) is 0 Å². The predicted molar refractivity (Wildman–Crippen MR) is 174 cm³/mol. The third kappa shape index (κ3) is 6.38. The summed E-state index contributed by atoms with van der Waals surface area (Å²) >= 11 is 0. The topological polar surface area (TPSA) is 131 Å². The van der Waals surface area contributed by atoms with Crippen molar-refractivity contribution in [2.75, 3.05) is 37.8 Å². The number of H-pyrrole nitrogens is 2. The number of aromatic nitrogens is 6. The zero-order valence-corrected chi connectivity index (χ0v) is 25.2. The molecule has 0 aliphatic carbocycles. The number of halogens is 1. The van der Waals surface area contributed by atoms with Gasteiger partial charge >= 0.3 is 0 Å². The van der Waals surface area contributed by atoms with Crippen LogP contribution in [0.1, 0.15) is 20.3 Å². The normalized spacial score (nSPS) is 12.5. The highest BCUT2D eigenvalue weighted by Gasteiger charge is 2.17. The summed E-state index contributed by atoms with van der Waals surface area (Å²) in [7, 11) is 4.00. The molecule has 4 aromatic heterocycles. The fourth-order valence-corrected chi connectivity index (χ4v) is 5.28. The van der Waals surface area contributed by atoms with Gasteiger partial charge in [-0.05, 0) is 74.0 Å². The number of aliphatic hydroxyl groups excluding tert-OH is 1. The number of hydrogen-bond donors (Lipinski definition) is 5. The maximum absolute atomic E-state index is 14.7. The monoisotopic (exact) mass is 593 g/mol. The van der Waals surface area contributed by atoms with E-state index in [1.165, 1.54) is 12.1 Å². The van der Waals surface area contributed by atoms with Gasteiger partial charge < -0.3 is 25.6 Å². The molecule has 44 heavy (non-hydrogen) atoms. The Hall–Kier alpha value is -4.87. The number of hydrogen-bond acceptors (Lipinski definition) is 8. The Morgan fingerprint density at radius 3 is 2.55 bits per heavy atom. The zero-order chi connectivity index (χ0) is 30.8. The molecule has 11 heteroatoms. The van der Waals surface area contributed by atoms with Crippen molar-refractivity contribution < 1.29 is 9.50 Å². The van der Waals surface area contributed by atoms with E-state index in [4.69, 9.17) is 4.98 Å². The van der Waals surface area contributed by atoms with Gasteiger partial charge in [0.15, 0.2) is 5.82 Å². The highest BCUT2D eigenvalue weighted by molar-refractivity contribution is 5.98. The highest BCUT2D eigenvalue weighted by atomic mass is 19.1.